The molecule has 2 rings (SSSR count). The summed E-state index contributed by atoms with van der Waals surface area (Å²) in [5.74, 6) is 0.410. The number of rotatable bonds is 3. The van der Waals surface area contributed by atoms with Gasteiger partial charge in [-0.2, -0.15) is 0 Å². The van der Waals surface area contributed by atoms with Crippen LogP contribution in [0.15, 0.2) is 17.5 Å². The topological polar surface area (TPSA) is 12.9 Å². The third-order valence-electron chi connectivity index (χ3n) is 2.20. The van der Waals surface area contributed by atoms with E-state index in [1.165, 1.54) is 11.3 Å². The van der Waals surface area contributed by atoms with E-state index in [-0.39, 0.29) is 0 Å². The van der Waals surface area contributed by atoms with Crippen molar-refractivity contribution in [3.63, 3.8) is 0 Å². The van der Waals surface area contributed by atoms with Crippen LogP contribution in [0, 0.1) is 0 Å². The van der Waals surface area contributed by atoms with Crippen LogP contribution >= 0.6 is 57.7 Å². The highest BCUT2D eigenvalue weighted by molar-refractivity contribution is 7.09. The second kappa shape index (κ2) is 5.77. The average molecular weight is 327 g/mol. The van der Waals surface area contributed by atoms with E-state index in [0.29, 0.717) is 27.4 Å². The van der Waals surface area contributed by atoms with Gasteiger partial charge in [-0.3, -0.25) is 0 Å². The van der Waals surface area contributed by atoms with Gasteiger partial charge in [-0.1, -0.05) is 34.8 Å². The lowest BCUT2D eigenvalue weighted by Gasteiger charge is -2.06. The summed E-state index contributed by atoms with van der Waals surface area (Å²) in [6, 6.07) is 3.42. The van der Waals surface area contributed by atoms with E-state index >= 15 is 0 Å². The number of hydrogen-bond donors (Lipinski definition) is 0. The summed E-state index contributed by atoms with van der Waals surface area (Å²) >= 11 is 25.4. The van der Waals surface area contributed by atoms with Gasteiger partial charge in [-0.25, -0.2) is 4.98 Å². The number of alkyl halides is 1. The summed E-state index contributed by atoms with van der Waals surface area (Å²) < 4.78 is 0. The Kier molecular flexibility index (Phi) is 4.56. The largest absolute Gasteiger partial charge is 0.245 e. The van der Waals surface area contributed by atoms with E-state index < -0.39 is 0 Å². The maximum Gasteiger partial charge on any atom is 0.0973 e. The van der Waals surface area contributed by atoms with Crippen LogP contribution in [-0.4, -0.2) is 4.98 Å². The summed E-state index contributed by atoms with van der Waals surface area (Å²) in [7, 11) is 0. The molecule has 2 aromatic rings. The second-order valence-corrected chi connectivity index (χ2v) is 5.77. The standard InChI is InChI=1S/C11H7Cl4NS/c12-4-6-5-17-10(16-6)3-7-8(13)1-2-9(14)11(7)15/h1-2,5H,3-4H2. The first-order valence-electron chi connectivity index (χ1n) is 4.73. The maximum absolute atomic E-state index is 6.12. The van der Waals surface area contributed by atoms with Gasteiger partial charge in [-0.15, -0.1) is 22.9 Å². The molecule has 0 fully saturated rings. The average Bonchev–Trinajstić information content (AvgIpc) is 2.77. The normalized spacial score (nSPS) is 10.8. The lowest BCUT2D eigenvalue weighted by atomic mass is 10.1. The maximum atomic E-state index is 6.12. The minimum Gasteiger partial charge on any atom is -0.245 e. The molecule has 1 aromatic carbocycles. The number of nitrogens with zero attached hydrogens (tertiary/aromatic N) is 1. The third kappa shape index (κ3) is 3.07. The molecule has 0 N–H and O–H groups in total. The first kappa shape index (κ1) is 13.4. The summed E-state index contributed by atoms with van der Waals surface area (Å²) in [4.78, 5) is 4.36. The highest BCUT2D eigenvalue weighted by Gasteiger charge is 2.12. The van der Waals surface area contributed by atoms with Crippen LogP contribution in [0.25, 0.3) is 0 Å². The predicted molar refractivity (Wildman–Crippen MR) is 75.9 cm³/mol. The molecule has 0 radical (unpaired) electrons. The van der Waals surface area contributed by atoms with E-state index in [9.17, 15) is 0 Å². The zero-order chi connectivity index (χ0) is 12.4. The van der Waals surface area contributed by atoms with E-state index in [1.807, 2.05) is 5.38 Å². The smallest absolute Gasteiger partial charge is 0.0973 e. The Labute approximate surface area is 123 Å². The molecule has 0 saturated heterocycles. The van der Waals surface area contributed by atoms with Gasteiger partial charge in [-0.05, 0) is 17.7 Å². The van der Waals surface area contributed by atoms with Gasteiger partial charge in [0.1, 0.15) is 0 Å². The van der Waals surface area contributed by atoms with Gasteiger partial charge in [0.2, 0.25) is 0 Å². The number of halogens is 4. The van der Waals surface area contributed by atoms with Crippen LogP contribution < -0.4 is 0 Å². The molecule has 0 bridgehead atoms. The Hall–Kier alpha value is 0.01000. The van der Waals surface area contributed by atoms with Crippen molar-refractivity contribution < 1.29 is 0 Å². The Morgan fingerprint density at radius 3 is 2.47 bits per heavy atom. The van der Waals surface area contributed by atoms with Gasteiger partial charge in [0.15, 0.2) is 0 Å². The fourth-order valence-corrected chi connectivity index (χ4v) is 3.09. The molecule has 0 aliphatic carbocycles. The number of hydrogen-bond acceptors (Lipinski definition) is 2. The van der Waals surface area contributed by atoms with Gasteiger partial charge in [0.25, 0.3) is 0 Å². The van der Waals surface area contributed by atoms with E-state index in [1.54, 1.807) is 12.1 Å². The van der Waals surface area contributed by atoms with Crippen molar-refractivity contribution in [2.75, 3.05) is 0 Å². The molecule has 0 aliphatic rings. The first-order valence-corrected chi connectivity index (χ1v) is 7.28. The molecule has 1 nitrogen and oxygen atoms in total. The SMILES string of the molecule is ClCc1csc(Cc2c(Cl)ccc(Cl)c2Cl)n1. The molecule has 0 amide bonds. The minimum atomic E-state index is 0.410. The van der Waals surface area contributed by atoms with E-state index in [2.05, 4.69) is 4.98 Å². The Bertz CT molecular complexity index is 538. The molecule has 6 heteroatoms. The van der Waals surface area contributed by atoms with Crippen molar-refractivity contribution in [2.45, 2.75) is 12.3 Å². The highest BCUT2D eigenvalue weighted by Crippen LogP contribution is 2.33. The Morgan fingerprint density at radius 2 is 1.82 bits per heavy atom. The van der Waals surface area contributed by atoms with Crippen molar-refractivity contribution in [1.29, 1.82) is 0 Å². The zero-order valence-electron chi connectivity index (χ0n) is 8.51. The molecule has 0 aliphatic heterocycles. The molecule has 0 saturated carbocycles. The van der Waals surface area contributed by atoms with Crippen molar-refractivity contribution in [3.8, 4) is 0 Å². The van der Waals surface area contributed by atoms with Crippen LogP contribution in [-0.2, 0) is 12.3 Å². The second-order valence-electron chi connectivity index (χ2n) is 3.36. The molecule has 0 spiro atoms. The molecule has 1 aromatic heterocycles. The van der Waals surface area contributed by atoms with Crippen LogP contribution in [0.5, 0.6) is 0 Å². The van der Waals surface area contributed by atoms with Gasteiger partial charge in [0.05, 0.1) is 26.6 Å². The zero-order valence-corrected chi connectivity index (χ0v) is 12.4. The van der Waals surface area contributed by atoms with Crippen molar-refractivity contribution >= 4 is 57.7 Å². The van der Waals surface area contributed by atoms with Crippen molar-refractivity contribution in [1.82, 2.24) is 4.98 Å². The summed E-state index contributed by atoms with van der Waals surface area (Å²) in [6.07, 6.45) is 0.569. The minimum absolute atomic E-state index is 0.410. The molecular weight excluding hydrogens is 320 g/mol. The van der Waals surface area contributed by atoms with Crippen molar-refractivity contribution in [3.05, 3.63) is 48.8 Å². The molecule has 90 valence electrons. The van der Waals surface area contributed by atoms with Gasteiger partial charge >= 0.3 is 0 Å². The molecular formula is C11H7Cl4NS. The molecule has 0 unspecified atom stereocenters. The molecule has 1 heterocycles. The van der Waals surface area contributed by atoms with Crippen LogP contribution in [0.1, 0.15) is 16.3 Å². The van der Waals surface area contributed by atoms with Crippen LogP contribution in [0.2, 0.25) is 15.1 Å². The number of aromatic nitrogens is 1. The quantitative estimate of drug-likeness (QED) is 0.541. The highest BCUT2D eigenvalue weighted by atomic mass is 35.5. The third-order valence-corrected chi connectivity index (χ3v) is 4.57. The summed E-state index contributed by atoms with van der Waals surface area (Å²) in [6.45, 7) is 0. The number of benzene rings is 1. The van der Waals surface area contributed by atoms with E-state index in [4.69, 9.17) is 46.4 Å². The Balaban J connectivity index is 2.32. The Morgan fingerprint density at radius 1 is 1.12 bits per heavy atom. The predicted octanol–water partition coefficient (Wildman–Crippen LogP) is 5.43. The molecule has 0 atom stereocenters. The van der Waals surface area contributed by atoms with Crippen LogP contribution in [0.3, 0.4) is 0 Å². The lowest BCUT2D eigenvalue weighted by molar-refractivity contribution is 1.09. The summed E-state index contributed by atoms with van der Waals surface area (Å²) in [5, 5.41) is 4.44. The van der Waals surface area contributed by atoms with Gasteiger partial charge in [0, 0.05) is 16.8 Å². The summed E-state index contributed by atoms with van der Waals surface area (Å²) in [5.41, 5.74) is 1.66. The van der Waals surface area contributed by atoms with Crippen molar-refractivity contribution in [2.24, 2.45) is 0 Å². The first-order chi connectivity index (χ1) is 8.11. The monoisotopic (exact) mass is 325 g/mol. The van der Waals surface area contributed by atoms with E-state index in [0.717, 1.165) is 16.3 Å². The van der Waals surface area contributed by atoms with Crippen LogP contribution in [0.4, 0.5) is 0 Å². The fraction of sp³-hybridized carbons (Fsp3) is 0.182. The fourth-order valence-electron chi connectivity index (χ4n) is 1.37. The van der Waals surface area contributed by atoms with Gasteiger partial charge < -0.3 is 0 Å². The lowest BCUT2D eigenvalue weighted by Crippen LogP contribution is -1.91. The number of thiazole rings is 1. The molecule has 17 heavy (non-hydrogen) atoms.